The van der Waals surface area contributed by atoms with Crippen molar-refractivity contribution in [3.05, 3.63) is 29.8 Å². The highest BCUT2D eigenvalue weighted by atomic mass is 16.5. The van der Waals surface area contributed by atoms with Crippen LogP contribution in [0.15, 0.2) is 24.3 Å². The van der Waals surface area contributed by atoms with Crippen molar-refractivity contribution in [3.63, 3.8) is 0 Å². The Kier molecular flexibility index (Phi) is 4.02. The minimum absolute atomic E-state index is 0.541. The number of nitrogen functional groups attached to an aromatic ring is 1. The van der Waals surface area contributed by atoms with Gasteiger partial charge in [-0.1, -0.05) is 12.1 Å². The molecule has 1 saturated heterocycles. The molecule has 1 aliphatic rings. The third-order valence-corrected chi connectivity index (χ3v) is 3.38. The van der Waals surface area contributed by atoms with E-state index in [1.54, 1.807) is 0 Å². The highest BCUT2D eigenvalue weighted by Crippen LogP contribution is 2.19. The van der Waals surface area contributed by atoms with Crippen molar-refractivity contribution >= 4 is 5.69 Å². The average Bonchev–Trinajstić information content (AvgIpc) is 2.81. The molecular formula is C14H22N2O. The van der Waals surface area contributed by atoms with Gasteiger partial charge in [0, 0.05) is 30.9 Å². The maximum absolute atomic E-state index is 5.71. The van der Waals surface area contributed by atoms with Gasteiger partial charge in [-0.05, 0) is 38.0 Å². The molecule has 1 heterocycles. The Bertz CT molecular complexity index is 342. The van der Waals surface area contributed by atoms with Crippen LogP contribution in [0.2, 0.25) is 0 Å². The van der Waals surface area contributed by atoms with Gasteiger partial charge in [0.2, 0.25) is 0 Å². The van der Waals surface area contributed by atoms with E-state index in [0.29, 0.717) is 12.1 Å². The zero-order chi connectivity index (χ0) is 12.3. The Morgan fingerprint density at radius 3 is 2.59 bits per heavy atom. The first-order valence-electron chi connectivity index (χ1n) is 6.34. The van der Waals surface area contributed by atoms with Gasteiger partial charge < -0.3 is 10.5 Å². The predicted molar refractivity (Wildman–Crippen MR) is 70.8 cm³/mol. The van der Waals surface area contributed by atoms with Gasteiger partial charge in [0.25, 0.3) is 0 Å². The van der Waals surface area contributed by atoms with E-state index >= 15 is 0 Å². The maximum atomic E-state index is 5.71. The molecule has 0 radical (unpaired) electrons. The normalized spacial score (nSPS) is 20.4. The number of rotatable bonds is 4. The summed E-state index contributed by atoms with van der Waals surface area (Å²) in [6.45, 7) is 7.24. The summed E-state index contributed by atoms with van der Waals surface area (Å²) >= 11 is 0. The molecule has 1 fully saturated rings. The van der Waals surface area contributed by atoms with Gasteiger partial charge in [-0.25, -0.2) is 0 Å². The molecule has 1 aromatic carbocycles. The zero-order valence-electron chi connectivity index (χ0n) is 10.7. The van der Waals surface area contributed by atoms with E-state index in [1.165, 1.54) is 5.56 Å². The Labute approximate surface area is 104 Å². The fourth-order valence-corrected chi connectivity index (χ4v) is 2.35. The molecule has 1 aliphatic heterocycles. The van der Waals surface area contributed by atoms with Crippen LogP contribution in [-0.4, -0.2) is 30.2 Å². The van der Waals surface area contributed by atoms with Gasteiger partial charge in [0.1, 0.15) is 0 Å². The molecular weight excluding hydrogens is 212 g/mol. The molecule has 0 bridgehead atoms. The van der Waals surface area contributed by atoms with Crippen LogP contribution in [0.25, 0.3) is 0 Å². The van der Waals surface area contributed by atoms with Crippen LogP contribution in [0.4, 0.5) is 5.69 Å². The number of nitrogens with zero attached hydrogens (tertiary/aromatic N) is 1. The lowest BCUT2D eigenvalue weighted by molar-refractivity contribution is 0.114. The first kappa shape index (κ1) is 12.4. The Balaban J connectivity index is 2.04. The van der Waals surface area contributed by atoms with Crippen LogP contribution < -0.4 is 5.73 Å². The topological polar surface area (TPSA) is 38.5 Å². The Hall–Kier alpha value is -1.06. The molecule has 0 aromatic heterocycles. The van der Waals surface area contributed by atoms with Crippen molar-refractivity contribution in [2.24, 2.45) is 0 Å². The number of hydrogen-bond donors (Lipinski definition) is 1. The highest BCUT2D eigenvalue weighted by molar-refractivity contribution is 5.39. The van der Waals surface area contributed by atoms with E-state index in [0.717, 1.165) is 31.9 Å². The van der Waals surface area contributed by atoms with Crippen molar-refractivity contribution in [2.75, 3.05) is 18.9 Å². The van der Waals surface area contributed by atoms with Gasteiger partial charge in [0.05, 0.1) is 6.61 Å². The first-order valence-corrected chi connectivity index (χ1v) is 6.34. The molecule has 0 amide bonds. The van der Waals surface area contributed by atoms with E-state index < -0.39 is 0 Å². The number of anilines is 1. The Morgan fingerprint density at radius 1 is 1.35 bits per heavy atom. The number of ether oxygens (including phenoxy) is 1. The fraction of sp³-hybridized carbons (Fsp3) is 0.571. The average molecular weight is 234 g/mol. The third-order valence-electron chi connectivity index (χ3n) is 3.38. The van der Waals surface area contributed by atoms with Crippen LogP contribution in [0, 0.1) is 0 Å². The third kappa shape index (κ3) is 3.20. The summed E-state index contributed by atoms with van der Waals surface area (Å²) in [5, 5.41) is 0. The van der Waals surface area contributed by atoms with Gasteiger partial charge in [-0.15, -0.1) is 0 Å². The Morgan fingerprint density at radius 2 is 2.06 bits per heavy atom. The standard InChI is InChI=1S/C14H22N2O/c1-11(2)16(14-7-8-17-10-14)9-12-3-5-13(15)6-4-12/h3-6,11,14H,7-10,15H2,1-2H3. The molecule has 3 heteroatoms. The van der Waals surface area contributed by atoms with Crippen molar-refractivity contribution < 1.29 is 4.74 Å². The lowest BCUT2D eigenvalue weighted by Crippen LogP contribution is -2.40. The number of hydrogen-bond acceptors (Lipinski definition) is 3. The van der Waals surface area contributed by atoms with Gasteiger partial charge >= 0.3 is 0 Å². The smallest absolute Gasteiger partial charge is 0.0622 e. The molecule has 17 heavy (non-hydrogen) atoms. The van der Waals surface area contributed by atoms with E-state index in [-0.39, 0.29) is 0 Å². The first-order chi connectivity index (χ1) is 8.16. The predicted octanol–water partition coefficient (Wildman–Crippen LogP) is 2.27. The van der Waals surface area contributed by atoms with E-state index in [9.17, 15) is 0 Å². The lowest BCUT2D eigenvalue weighted by Gasteiger charge is -2.31. The largest absolute Gasteiger partial charge is 0.399 e. The van der Waals surface area contributed by atoms with Gasteiger partial charge in [0.15, 0.2) is 0 Å². The number of nitrogens with two attached hydrogens (primary N) is 1. The van der Waals surface area contributed by atoms with Crippen LogP contribution in [0.1, 0.15) is 25.8 Å². The summed E-state index contributed by atoms with van der Waals surface area (Å²) < 4.78 is 5.48. The van der Waals surface area contributed by atoms with Crippen LogP contribution >= 0.6 is 0 Å². The molecule has 0 aliphatic carbocycles. The summed E-state index contributed by atoms with van der Waals surface area (Å²) in [4.78, 5) is 2.51. The molecule has 1 aromatic rings. The van der Waals surface area contributed by atoms with E-state index in [1.807, 2.05) is 12.1 Å². The van der Waals surface area contributed by atoms with Crippen LogP contribution in [0.3, 0.4) is 0 Å². The molecule has 2 N–H and O–H groups in total. The number of benzene rings is 1. The van der Waals surface area contributed by atoms with Crippen molar-refractivity contribution in [3.8, 4) is 0 Å². The van der Waals surface area contributed by atoms with Crippen molar-refractivity contribution in [1.82, 2.24) is 4.90 Å². The summed E-state index contributed by atoms with van der Waals surface area (Å²) in [5.41, 5.74) is 7.85. The lowest BCUT2D eigenvalue weighted by atomic mass is 10.1. The van der Waals surface area contributed by atoms with Gasteiger partial charge in [-0.3, -0.25) is 4.90 Å². The zero-order valence-corrected chi connectivity index (χ0v) is 10.7. The second kappa shape index (κ2) is 5.52. The van der Waals surface area contributed by atoms with E-state index in [4.69, 9.17) is 10.5 Å². The second-order valence-corrected chi connectivity index (χ2v) is 5.03. The summed E-state index contributed by atoms with van der Waals surface area (Å²) in [6, 6.07) is 9.27. The van der Waals surface area contributed by atoms with Crippen LogP contribution in [-0.2, 0) is 11.3 Å². The highest BCUT2D eigenvalue weighted by Gasteiger charge is 2.25. The van der Waals surface area contributed by atoms with Crippen LogP contribution in [0.5, 0.6) is 0 Å². The minimum Gasteiger partial charge on any atom is -0.399 e. The summed E-state index contributed by atoms with van der Waals surface area (Å²) in [5.74, 6) is 0. The molecule has 1 atom stereocenters. The molecule has 0 spiro atoms. The maximum Gasteiger partial charge on any atom is 0.0622 e. The SMILES string of the molecule is CC(C)N(Cc1ccc(N)cc1)C1CCOC1. The molecule has 1 unspecified atom stereocenters. The summed E-state index contributed by atoms with van der Waals surface area (Å²) in [7, 11) is 0. The summed E-state index contributed by atoms with van der Waals surface area (Å²) in [6.07, 6.45) is 1.15. The van der Waals surface area contributed by atoms with Crippen molar-refractivity contribution in [2.45, 2.75) is 38.9 Å². The fourth-order valence-electron chi connectivity index (χ4n) is 2.35. The van der Waals surface area contributed by atoms with Gasteiger partial charge in [-0.2, -0.15) is 0 Å². The minimum atomic E-state index is 0.541. The molecule has 2 rings (SSSR count). The second-order valence-electron chi connectivity index (χ2n) is 5.03. The monoisotopic (exact) mass is 234 g/mol. The molecule has 94 valence electrons. The quantitative estimate of drug-likeness (QED) is 0.812. The molecule has 0 saturated carbocycles. The molecule has 3 nitrogen and oxygen atoms in total. The van der Waals surface area contributed by atoms with E-state index in [2.05, 4.69) is 30.9 Å². The van der Waals surface area contributed by atoms with Crippen molar-refractivity contribution in [1.29, 1.82) is 0 Å².